The quantitative estimate of drug-likeness (QED) is 0.484. The fraction of sp³-hybridized carbons (Fsp3) is 0.500. The number of aromatic nitrogens is 3. The first-order valence-electron chi connectivity index (χ1n) is 12.1. The van der Waals surface area contributed by atoms with Gasteiger partial charge in [0.15, 0.2) is 11.6 Å². The van der Waals surface area contributed by atoms with Crippen LogP contribution < -0.4 is 10.1 Å². The average Bonchev–Trinajstić information content (AvgIpc) is 3.12. The van der Waals surface area contributed by atoms with Crippen molar-refractivity contribution in [2.45, 2.75) is 38.6 Å². The Kier molecular flexibility index (Phi) is 6.98. The Labute approximate surface area is 206 Å². The first kappa shape index (κ1) is 24.9. The molecule has 1 fully saturated rings. The maximum atomic E-state index is 14.6. The fourth-order valence-corrected chi connectivity index (χ4v) is 4.65. The molecule has 2 heterocycles. The minimum Gasteiger partial charge on any atom is -0.489 e. The average molecular weight is 483 g/mol. The molecule has 1 N–H and O–H groups in total. The second kappa shape index (κ2) is 9.81. The van der Waals surface area contributed by atoms with Gasteiger partial charge < -0.3 is 24.4 Å². The first-order chi connectivity index (χ1) is 16.6. The Hall–Kier alpha value is -3.20. The summed E-state index contributed by atoms with van der Waals surface area (Å²) in [5.74, 6) is 0.376. The summed E-state index contributed by atoms with van der Waals surface area (Å²) in [4.78, 5) is 25.9. The van der Waals surface area contributed by atoms with E-state index < -0.39 is 5.82 Å². The van der Waals surface area contributed by atoms with E-state index in [0.29, 0.717) is 42.0 Å². The van der Waals surface area contributed by atoms with Gasteiger partial charge in [-0.2, -0.15) is 4.98 Å². The second-order valence-corrected chi connectivity index (χ2v) is 10.1. The molecular formula is C26H35FN6O2. The number of likely N-dealkylation sites (N-methyl/N-ethyl adjacent to an activating group) is 1. The van der Waals surface area contributed by atoms with Gasteiger partial charge in [0.05, 0.1) is 0 Å². The van der Waals surface area contributed by atoms with Gasteiger partial charge in [0.25, 0.3) is 5.91 Å². The number of hydrogen-bond donors (Lipinski definition) is 1. The molecule has 0 unspecified atom stereocenters. The standard InChI is InChI=1S/C26H35FN6O2/c1-17(2)26(10-7-11-26)33-21(24(34)32(5)6)14-18-16-28-25(30-23(18)33)29-19-8-9-22(20(27)15-19)35-13-12-31(3)4/h8-9,14-17H,7,10-13H2,1-6H3,(H,28,29,30). The third-order valence-corrected chi connectivity index (χ3v) is 6.89. The topological polar surface area (TPSA) is 75.5 Å². The monoisotopic (exact) mass is 482 g/mol. The van der Waals surface area contributed by atoms with Crippen LogP contribution in [0.4, 0.5) is 16.0 Å². The molecule has 188 valence electrons. The zero-order valence-electron chi connectivity index (χ0n) is 21.4. The third kappa shape index (κ3) is 4.82. The molecule has 0 radical (unpaired) electrons. The van der Waals surface area contributed by atoms with E-state index in [4.69, 9.17) is 9.72 Å². The van der Waals surface area contributed by atoms with Gasteiger partial charge in [0.2, 0.25) is 5.95 Å². The van der Waals surface area contributed by atoms with E-state index in [0.717, 1.165) is 24.6 Å². The smallest absolute Gasteiger partial charge is 0.270 e. The summed E-state index contributed by atoms with van der Waals surface area (Å²) in [6, 6.07) is 6.59. The van der Waals surface area contributed by atoms with E-state index in [1.54, 1.807) is 37.3 Å². The van der Waals surface area contributed by atoms with Gasteiger partial charge in [0, 0.05) is 49.5 Å². The minimum atomic E-state index is -0.453. The highest BCUT2D eigenvalue weighted by atomic mass is 19.1. The van der Waals surface area contributed by atoms with Crippen molar-refractivity contribution in [3.8, 4) is 5.75 Å². The maximum absolute atomic E-state index is 14.6. The highest BCUT2D eigenvalue weighted by molar-refractivity contribution is 5.98. The van der Waals surface area contributed by atoms with E-state index >= 15 is 0 Å². The van der Waals surface area contributed by atoms with Crippen LogP contribution in [-0.4, -0.2) is 71.6 Å². The van der Waals surface area contributed by atoms with E-state index in [1.807, 2.05) is 25.1 Å². The zero-order valence-corrected chi connectivity index (χ0v) is 21.4. The number of halogens is 1. The van der Waals surface area contributed by atoms with Crippen LogP contribution in [0.25, 0.3) is 11.0 Å². The molecule has 1 aliphatic carbocycles. The number of fused-ring (bicyclic) bond motifs is 1. The molecule has 4 rings (SSSR count). The lowest BCUT2D eigenvalue weighted by molar-refractivity contribution is 0.0679. The number of nitrogens with zero attached hydrogens (tertiary/aromatic N) is 5. The predicted octanol–water partition coefficient (Wildman–Crippen LogP) is 4.49. The molecule has 3 aromatic rings. The van der Waals surface area contributed by atoms with Crippen LogP contribution in [0.3, 0.4) is 0 Å². The van der Waals surface area contributed by atoms with E-state index in [2.05, 4.69) is 28.7 Å². The van der Waals surface area contributed by atoms with Gasteiger partial charge in [-0.1, -0.05) is 13.8 Å². The number of ether oxygens (including phenoxy) is 1. The van der Waals surface area contributed by atoms with Gasteiger partial charge in [-0.25, -0.2) is 9.37 Å². The second-order valence-electron chi connectivity index (χ2n) is 10.1. The van der Waals surface area contributed by atoms with Crippen molar-refractivity contribution in [1.82, 2.24) is 24.3 Å². The molecule has 0 atom stereocenters. The Morgan fingerprint density at radius 3 is 2.54 bits per heavy atom. The number of amides is 1. The molecule has 2 aromatic heterocycles. The number of hydrogen-bond acceptors (Lipinski definition) is 6. The lowest BCUT2D eigenvalue weighted by Gasteiger charge is -2.48. The van der Waals surface area contributed by atoms with E-state index in [9.17, 15) is 9.18 Å². The van der Waals surface area contributed by atoms with Crippen molar-refractivity contribution >= 4 is 28.6 Å². The predicted molar refractivity (Wildman–Crippen MR) is 136 cm³/mol. The van der Waals surface area contributed by atoms with Gasteiger partial charge in [0.1, 0.15) is 17.9 Å². The van der Waals surface area contributed by atoms with Crippen molar-refractivity contribution in [2.24, 2.45) is 5.92 Å². The zero-order chi connectivity index (χ0) is 25.3. The lowest BCUT2D eigenvalue weighted by Crippen LogP contribution is -2.47. The van der Waals surface area contributed by atoms with Crippen LogP contribution >= 0.6 is 0 Å². The SMILES string of the molecule is CC(C)C1(n2c(C(=O)N(C)C)cc3cnc(Nc4ccc(OCCN(C)C)c(F)c4)nc32)CCC1. The molecule has 0 saturated heterocycles. The fourth-order valence-electron chi connectivity index (χ4n) is 4.65. The van der Waals surface area contributed by atoms with Crippen LogP contribution in [0.5, 0.6) is 5.75 Å². The Balaban J connectivity index is 1.67. The number of benzene rings is 1. The Morgan fingerprint density at radius 1 is 1.23 bits per heavy atom. The molecule has 1 saturated carbocycles. The molecule has 0 spiro atoms. The summed E-state index contributed by atoms with van der Waals surface area (Å²) in [6.07, 6.45) is 4.83. The molecule has 1 aliphatic rings. The molecule has 35 heavy (non-hydrogen) atoms. The number of rotatable bonds is 9. The number of carbonyl (C=O) groups excluding carboxylic acids is 1. The van der Waals surface area contributed by atoms with E-state index in [-0.39, 0.29) is 17.2 Å². The van der Waals surface area contributed by atoms with Crippen LogP contribution in [0.2, 0.25) is 0 Å². The van der Waals surface area contributed by atoms with Crippen LogP contribution in [0.1, 0.15) is 43.6 Å². The normalized spacial score (nSPS) is 14.9. The van der Waals surface area contributed by atoms with Crippen molar-refractivity contribution in [2.75, 3.05) is 46.7 Å². The number of carbonyl (C=O) groups is 1. The van der Waals surface area contributed by atoms with Crippen molar-refractivity contribution in [3.05, 3.63) is 42.0 Å². The largest absolute Gasteiger partial charge is 0.489 e. The molecule has 1 aromatic carbocycles. The van der Waals surface area contributed by atoms with Crippen LogP contribution in [0, 0.1) is 11.7 Å². The summed E-state index contributed by atoms with van der Waals surface area (Å²) in [5.41, 5.74) is 1.69. The molecule has 9 heteroatoms. The summed E-state index contributed by atoms with van der Waals surface area (Å²) in [5, 5.41) is 3.92. The number of nitrogens with one attached hydrogen (secondary N) is 1. The third-order valence-electron chi connectivity index (χ3n) is 6.89. The summed E-state index contributed by atoms with van der Waals surface area (Å²) >= 11 is 0. The summed E-state index contributed by atoms with van der Waals surface area (Å²) < 4.78 is 22.2. The van der Waals surface area contributed by atoms with E-state index in [1.165, 1.54) is 6.07 Å². The highest BCUT2D eigenvalue weighted by Crippen LogP contribution is 2.48. The molecule has 8 nitrogen and oxygen atoms in total. The maximum Gasteiger partial charge on any atom is 0.270 e. The van der Waals surface area contributed by atoms with Gasteiger partial charge >= 0.3 is 0 Å². The summed E-state index contributed by atoms with van der Waals surface area (Å²) in [7, 11) is 7.39. The minimum absolute atomic E-state index is 0.0589. The highest BCUT2D eigenvalue weighted by Gasteiger charge is 2.44. The van der Waals surface area contributed by atoms with Crippen molar-refractivity contribution in [1.29, 1.82) is 0 Å². The number of anilines is 2. The van der Waals surface area contributed by atoms with Gasteiger partial charge in [-0.15, -0.1) is 0 Å². The van der Waals surface area contributed by atoms with Crippen LogP contribution in [-0.2, 0) is 5.54 Å². The Morgan fingerprint density at radius 2 is 1.97 bits per heavy atom. The van der Waals surface area contributed by atoms with Crippen LogP contribution in [0.15, 0.2) is 30.5 Å². The molecule has 1 amide bonds. The summed E-state index contributed by atoms with van der Waals surface area (Å²) in [6.45, 7) is 5.49. The molecule has 0 bridgehead atoms. The first-order valence-corrected chi connectivity index (χ1v) is 12.1. The van der Waals surface area contributed by atoms with Gasteiger partial charge in [-0.05, 0) is 57.5 Å². The van der Waals surface area contributed by atoms with Crippen molar-refractivity contribution < 1.29 is 13.9 Å². The molecule has 0 aliphatic heterocycles. The molecular weight excluding hydrogens is 447 g/mol. The lowest BCUT2D eigenvalue weighted by atomic mass is 9.69. The van der Waals surface area contributed by atoms with Crippen molar-refractivity contribution in [3.63, 3.8) is 0 Å². The Bertz CT molecular complexity index is 1220. The van der Waals surface area contributed by atoms with Gasteiger partial charge in [-0.3, -0.25) is 4.79 Å².